The fraction of sp³-hybridized carbons (Fsp3) is 0.333. The number of anilines is 1. The lowest BCUT2D eigenvalue weighted by atomic mass is 10.2. The van der Waals surface area contributed by atoms with Crippen molar-refractivity contribution < 1.29 is 8.42 Å². The molecule has 1 aromatic carbocycles. The van der Waals surface area contributed by atoms with E-state index in [1.165, 1.54) is 17.4 Å². The quantitative estimate of drug-likeness (QED) is 0.839. The van der Waals surface area contributed by atoms with E-state index < -0.39 is 10.0 Å². The molecule has 0 amide bonds. The third kappa shape index (κ3) is 4.13. The standard InChI is InChI=1S/C12H15ClN4O2S2/c1-3-14-7-9-6-10(4-5-11(9)13)21(18,19)17-12-16-15-8(2)20-12/h4-6,14H,3,7H2,1-2H3,(H,16,17). The van der Waals surface area contributed by atoms with E-state index in [-0.39, 0.29) is 10.0 Å². The first-order chi connectivity index (χ1) is 9.92. The van der Waals surface area contributed by atoms with Crippen LogP contribution in [0.3, 0.4) is 0 Å². The molecule has 0 aliphatic carbocycles. The lowest BCUT2D eigenvalue weighted by molar-refractivity contribution is 0.601. The number of hydrogen-bond donors (Lipinski definition) is 2. The first kappa shape index (κ1) is 16.2. The Morgan fingerprint density at radius 2 is 2.10 bits per heavy atom. The number of aryl methyl sites for hydroxylation is 1. The Morgan fingerprint density at radius 1 is 1.33 bits per heavy atom. The molecular formula is C12H15ClN4O2S2. The van der Waals surface area contributed by atoms with Crippen LogP contribution in [-0.4, -0.2) is 25.2 Å². The average molecular weight is 347 g/mol. The van der Waals surface area contributed by atoms with Crippen LogP contribution in [0.2, 0.25) is 5.02 Å². The van der Waals surface area contributed by atoms with Crippen molar-refractivity contribution in [3.63, 3.8) is 0 Å². The van der Waals surface area contributed by atoms with Gasteiger partial charge in [0.15, 0.2) is 0 Å². The van der Waals surface area contributed by atoms with Crippen LogP contribution in [0.4, 0.5) is 5.13 Å². The number of hydrogen-bond acceptors (Lipinski definition) is 6. The number of benzene rings is 1. The Balaban J connectivity index is 2.27. The van der Waals surface area contributed by atoms with Crippen molar-refractivity contribution in [3.8, 4) is 0 Å². The Hall–Kier alpha value is -1.22. The van der Waals surface area contributed by atoms with Crippen molar-refractivity contribution in [2.75, 3.05) is 11.3 Å². The lowest BCUT2D eigenvalue weighted by Crippen LogP contribution is -2.15. The zero-order valence-corrected chi connectivity index (χ0v) is 13.9. The fourth-order valence-electron chi connectivity index (χ4n) is 1.63. The minimum Gasteiger partial charge on any atom is -0.313 e. The van der Waals surface area contributed by atoms with E-state index >= 15 is 0 Å². The van der Waals surface area contributed by atoms with Gasteiger partial charge in [0.2, 0.25) is 5.13 Å². The summed E-state index contributed by atoms with van der Waals surface area (Å²) in [6.07, 6.45) is 0. The van der Waals surface area contributed by atoms with Gasteiger partial charge in [-0.25, -0.2) is 8.42 Å². The number of nitrogens with one attached hydrogen (secondary N) is 2. The van der Waals surface area contributed by atoms with Gasteiger partial charge >= 0.3 is 0 Å². The van der Waals surface area contributed by atoms with Crippen LogP contribution < -0.4 is 10.0 Å². The number of aromatic nitrogens is 2. The second-order valence-corrected chi connectivity index (χ2v) is 7.54. The van der Waals surface area contributed by atoms with E-state index in [0.717, 1.165) is 12.1 Å². The van der Waals surface area contributed by atoms with Crippen LogP contribution in [0.5, 0.6) is 0 Å². The fourth-order valence-corrected chi connectivity index (χ4v) is 3.68. The number of sulfonamides is 1. The largest absolute Gasteiger partial charge is 0.313 e. The summed E-state index contributed by atoms with van der Waals surface area (Å²) < 4.78 is 27.0. The molecule has 2 N–H and O–H groups in total. The zero-order chi connectivity index (χ0) is 15.5. The van der Waals surface area contributed by atoms with Crippen molar-refractivity contribution >= 4 is 38.1 Å². The predicted octanol–water partition coefficient (Wildman–Crippen LogP) is 2.41. The monoisotopic (exact) mass is 346 g/mol. The molecule has 114 valence electrons. The Kier molecular flexibility index (Phi) is 5.15. The van der Waals surface area contributed by atoms with Gasteiger partial charge in [0.25, 0.3) is 10.0 Å². The summed E-state index contributed by atoms with van der Waals surface area (Å²) in [5.41, 5.74) is 0.731. The Morgan fingerprint density at radius 3 is 2.71 bits per heavy atom. The molecule has 9 heteroatoms. The molecule has 21 heavy (non-hydrogen) atoms. The maximum absolute atomic E-state index is 12.3. The number of rotatable bonds is 6. The van der Waals surface area contributed by atoms with E-state index in [9.17, 15) is 8.42 Å². The van der Waals surface area contributed by atoms with Crippen LogP contribution in [0.25, 0.3) is 0 Å². The molecule has 6 nitrogen and oxygen atoms in total. The second kappa shape index (κ2) is 6.69. The second-order valence-electron chi connectivity index (χ2n) is 4.27. The van der Waals surface area contributed by atoms with E-state index in [1.54, 1.807) is 19.1 Å². The molecule has 0 saturated heterocycles. The third-order valence-electron chi connectivity index (χ3n) is 2.64. The normalized spacial score (nSPS) is 11.6. The summed E-state index contributed by atoms with van der Waals surface area (Å²) >= 11 is 7.25. The van der Waals surface area contributed by atoms with Crippen LogP contribution >= 0.6 is 22.9 Å². The molecule has 1 aromatic heterocycles. The SMILES string of the molecule is CCNCc1cc(S(=O)(=O)Nc2nnc(C)s2)ccc1Cl. The van der Waals surface area contributed by atoms with Gasteiger partial charge in [-0.3, -0.25) is 4.72 Å². The van der Waals surface area contributed by atoms with Gasteiger partial charge in [-0.15, -0.1) is 10.2 Å². The molecule has 0 aliphatic heterocycles. The van der Waals surface area contributed by atoms with E-state index in [0.29, 0.717) is 16.6 Å². The lowest BCUT2D eigenvalue weighted by Gasteiger charge is -2.09. The van der Waals surface area contributed by atoms with Crippen molar-refractivity contribution in [1.82, 2.24) is 15.5 Å². The number of nitrogens with zero attached hydrogens (tertiary/aromatic N) is 2. The maximum atomic E-state index is 12.3. The summed E-state index contributed by atoms with van der Waals surface area (Å²) in [6.45, 7) is 5.01. The average Bonchev–Trinajstić information content (AvgIpc) is 2.82. The molecule has 2 rings (SSSR count). The highest BCUT2D eigenvalue weighted by Gasteiger charge is 2.17. The molecule has 2 aromatic rings. The highest BCUT2D eigenvalue weighted by Crippen LogP contribution is 2.23. The molecule has 0 unspecified atom stereocenters. The maximum Gasteiger partial charge on any atom is 0.263 e. The summed E-state index contributed by atoms with van der Waals surface area (Å²) in [5.74, 6) is 0. The van der Waals surface area contributed by atoms with Crippen LogP contribution in [0.1, 0.15) is 17.5 Å². The van der Waals surface area contributed by atoms with Crippen molar-refractivity contribution in [2.24, 2.45) is 0 Å². The van der Waals surface area contributed by atoms with E-state index in [4.69, 9.17) is 11.6 Å². The van der Waals surface area contributed by atoms with Gasteiger partial charge in [-0.1, -0.05) is 29.9 Å². The Labute approximate surface area is 132 Å². The molecule has 0 atom stereocenters. The van der Waals surface area contributed by atoms with Gasteiger partial charge < -0.3 is 5.32 Å². The van der Waals surface area contributed by atoms with Gasteiger partial charge in [-0.05, 0) is 37.2 Å². The smallest absolute Gasteiger partial charge is 0.263 e. The summed E-state index contributed by atoms with van der Waals surface area (Å²) in [4.78, 5) is 0.146. The van der Waals surface area contributed by atoms with E-state index in [2.05, 4.69) is 20.2 Å². The molecule has 0 fully saturated rings. The predicted molar refractivity (Wildman–Crippen MR) is 84.3 cm³/mol. The number of halogens is 1. The minimum absolute atomic E-state index is 0.146. The molecule has 0 spiro atoms. The topological polar surface area (TPSA) is 84.0 Å². The first-order valence-electron chi connectivity index (χ1n) is 6.24. The van der Waals surface area contributed by atoms with Crippen LogP contribution in [0.15, 0.2) is 23.1 Å². The van der Waals surface area contributed by atoms with Gasteiger partial charge in [0.1, 0.15) is 5.01 Å². The Bertz CT molecular complexity index is 731. The molecule has 1 heterocycles. The molecular weight excluding hydrogens is 332 g/mol. The van der Waals surface area contributed by atoms with Gasteiger partial charge in [0, 0.05) is 11.6 Å². The molecule has 0 aliphatic rings. The van der Waals surface area contributed by atoms with Gasteiger partial charge in [-0.2, -0.15) is 0 Å². The highest BCUT2D eigenvalue weighted by molar-refractivity contribution is 7.93. The van der Waals surface area contributed by atoms with Crippen molar-refractivity contribution in [2.45, 2.75) is 25.3 Å². The first-order valence-corrected chi connectivity index (χ1v) is 8.92. The summed E-state index contributed by atoms with van der Waals surface area (Å²) in [6, 6.07) is 4.60. The molecule has 0 saturated carbocycles. The van der Waals surface area contributed by atoms with Crippen LogP contribution in [0, 0.1) is 6.92 Å². The summed E-state index contributed by atoms with van der Waals surface area (Å²) in [5, 5.41) is 12.1. The van der Waals surface area contributed by atoms with Crippen molar-refractivity contribution in [1.29, 1.82) is 0 Å². The molecule has 0 bridgehead atoms. The third-order valence-corrected chi connectivity index (χ3v) is 5.23. The molecule has 0 radical (unpaired) electrons. The summed E-state index contributed by atoms with van der Waals surface area (Å²) in [7, 11) is -3.69. The highest BCUT2D eigenvalue weighted by atomic mass is 35.5. The van der Waals surface area contributed by atoms with Crippen LogP contribution in [-0.2, 0) is 16.6 Å². The van der Waals surface area contributed by atoms with E-state index in [1.807, 2.05) is 6.92 Å². The van der Waals surface area contributed by atoms with Crippen molar-refractivity contribution in [3.05, 3.63) is 33.8 Å². The minimum atomic E-state index is -3.69. The zero-order valence-electron chi connectivity index (χ0n) is 11.6. The van der Waals surface area contributed by atoms with Gasteiger partial charge in [0.05, 0.1) is 4.90 Å².